The Kier molecular flexibility index (Phi) is 6.44. The third kappa shape index (κ3) is 4.90. The van der Waals surface area contributed by atoms with Gasteiger partial charge in [-0.15, -0.1) is 0 Å². The van der Waals surface area contributed by atoms with Crippen molar-refractivity contribution in [2.75, 3.05) is 7.11 Å². The van der Waals surface area contributed by atoms with Crippen LogP contribution in [0, 0.1) is 6.92 Å². The molecule has 0 aliphatic heterocycles. The van der Waals surface area contributed by atoms with E-state index in [1.165, 1.54) is 7.11 Å². The predicted octanol–water partition coefficient (Wildman–Crippen LogP) is 3.80. The molecule has 0 spiro atoms. The number of aromatic amines is 1. The molecule has 152 valence electrons. The number of hydrogen-bond acceptors (Lipinski definition) is 4. The van der Waals surface area contributed by atoms with E-state index in [2.05, 4.69) is 10.3 Å². The average Bonchev–Trinajstić information content (AvgIpc) is 3.12. The van der Waals surface area contributed by atoms with Crippen LogP contribution >= 0.6 is 11.6 Å². The van der Waals surface area contributed by atoms with Gasteiger partial charge in [0.15, 0.2) is 6.10 Å². The Bertz CT molecular complexity index is 1030. The van der Waals surface area contributed by atoms with Crippen molar-refractivity contribution in [1.82, 2.24) is 10.3 Å². The first-order valence-corrected chi connectivity index (χ1v) is 9.63. The van der Waals surface area contributed by atoms with Crippen molar-refractivity contribution in [1.29, 1.82) is 0 Å². The highest BCUT2D eigenvalue weighted by atomic mass is 35.5. The second-order valence-electron chi connectivity index (χ2n) is 6.84. The summed E-state index contributed by atoms with van der Waals surface area (Å²) < 4.78 is 10.6. The smallest absolute Gasteiger partial charge is 0.328 e. The second kappa shape index (κ2) is 9.01. The molecule has 1 amide bonds. The number of esters is 1. The fourth-order valence-corrected chi connectivity index (χ4v) is 3.25. The SMILES string of the molecule is COC(=O)[C@@H](Cc1c[nH]c2ccccc12)NC(=O)C(C)Oc1cc(C)ccc1Cl. The maximum atomic E-state index is 12.7. The van der Waals surface area contributed by atoms with Gasteiger partial charge in [0.1, 0.15) is 11.8 Å². The van der Waals surface area contributed by atoms with Crippen molar-refractivity contribution < 1.29 is 19.1 Å². The van der Waals surface area contributed by atoms with Crippen molar-refractivity contribution in [3.05, 3.63) is 64.8 Å². The molecule has 0 saturated heterocycles. The lowest BCUT2D eigenvalue weighted by atomic mass is 10.0. The zero-order valence-electron chi connectivity index (χ0n) is 16.5. The van der Waals surface area contributed by atoms with Gasteiger partial charge in [0.2, 0.25) is 0 Å². The van der Waals surface area contributed by atoms with Gasteiger partial charge < -0.3 is 19.8 Å². The minimum atomic E-state index is -0.843. The van der Waals surface area contributed by atoms with E-state index in [1.54, 1.807) is 19.1 Å². The molecular formula is C22H23ClN2O4. The van der Waals surface area contributed by atoms with Gasteiger partial charge in [0.05, 0.1) is 12.1 Å². The Hall–Kier alpha value is -2.99. The molecule has 3 aromatic rings. The number of fused-ring (bicyclic) bond motifs is 1. The fourth-order valence-electron chi connectivity index (χ4n) is 3.09. The van der Waals surface area contributed by atoms with Crippen molar-refractivity contribution in [3.63, 3.8) is 0 Å². The molecule has 3 rings (SSSR count). The number of carbonyl (C=O) groups is 2. The Balaban J connectivity index is 1.73. The summed E-state index contributed by atoms with van der Waals surface area (Å²) in [7, 11) is 1.29. The van der Waals surface area contributed by atoms with Crippen LogP contribution in [0.1, 0.15) is 18.1 Å². The highest BCUT2D eigenvalue weighted by molar-refractivity contribution is 6.32. The third-order valence-corrected chi connectivity index (χ3v) is 4.97. The molecule has 1 heterocycles. The normalized spacial score (nSPS) is 13.0. The van der Waals surface area contributed by atoms with Crippen molar-refractivity contribution in [2.45, 2.75) is 32.4 Å². The minimum absolute atomic E-state index is 0.292. The molecule has 0 bridgehead atoms. The molecule has 2 aromatic carbocycles. The van der Waals surface area contributed by atoms with Gasteiger partial charge in [-0.25, -0.2) is 4.79 Å². The highest BCUT2D eigenvalue weighted by Crippen LogP contribution is 2.26. The maximum absolute atomic E-state index is 12.7. The van der Waals surface area contributed by atoms with E-state index in [4.69, 9.17) is 21.1 Å². The topological polar surface area (TPSA) is 80.4 Å². The van der Waals surface area contributed by atoms with E-state index in [0.29, 0.717) is 17.2 Å². The van der Waals surface area contributed by atoms with E-state index >= 15 is 0 Å². The van der Waals surface area contributed by atoms with E-state index in [9.17, 15) is 9.59 Å². The monoisotopic (exact) mass is 414 g/mol. The summed E-state index contributed by atoms with van der Waals surface area (Å²) in [5, 5.41) is 4.14. The summed E-state index contributed by atoms with van der Waals surface area (Å²) in [5.41, 5.74) is 2.83. The van der Waals surface area contributed by atoms with Crippen LogP contribution in [0.15, 0.2) is 48.7 Å². The van der Waals surface area contributed by atoms with Crippen molar-refractivity contribution >= 4 is 34.4 Å². The molecule has 0 radical (unpaired) electrons. The Morgan fingerprint density at radius 3 is 2.72 bits per heavy atom. The number of nitrogens with one attached hydrogen (secondary N) is 2. The van der Waals surface area contributed by atoms with Gasteiger partial charge in [0.25, 0.3) is 5.91 Å². The predicted molar refractivity (Wildman–Crippen MR) is 112 cm³/mol. The standard InChI is InChI=1S/C22H23ClN2O4/c1-13-8-9-17(23)20(10-13)29-14(2)21(26)25-19(22(27)28-3)11-15-12-24-18-7-5-4-6-16(15)18/h4-10,12,14,19,24H,11H2,1-3H3,(H,25,26)/t14?,19-/m1/s1. The molecule has 0 aliphatic carbocycles. The van der Waals surface area contributed by atoms with Crippen LogP contribution in [0.3, 0.4) is 0 Å². The van der Waals surface area contributed by atoms with Crippen molar-refractivity contribution in [3.8, 4) is 5.75 Å². The molecule has 6 nitrogen and oxygen atoms in total. The van der Waals surface area contributed by atoms with Crippen LogP contribution in [0.25, 0.3) is 10.9 Å². The summed E-state index contributed by atoms with van der Waals surface area (Å²) in [6.07, 6.45) is 1.28. The second-order valence-corrected chi connectivity index (χ2v) is 7.25. The summed E-state index contributed by atoms with van der Waals surface area (Å²) in [6, 6.07) is 12.3. The number of halogens is 1. The first kappa shape index (κ1) is 20.7. The van der Waals surface area contributed by atoms with E-state index < -0.39 is 24.0 Å². The van der Waals surface area contributed by atoms with Gasteiger partial charge in [-0.2, -0.15) is 0 Å². The summed E-state index contributed by atoms with van der Waals surface area (Å²) in [6.45, 7) is 3.51. The molecule has 29 heavy (non-hydrogen) atoms. The van der Waals surface area contributed by atoms with E-state index in [0.717, 1.165) is 22.0 Å². The average molecular weight is 415 g/mol. The number of carbonyl (C=O) groups excluding carboxylic acids is 2. The van der Waals surface area contributed by atoms with Gasteiger partial charge in [-0.3, -0.25) is 4.79 Å². The van der Waals surface area contributed by atoms with Crippen LogP contribution < -0.4 is 10.1 Å². The number of aryl methyl sites for hydroxylation is 1. The molecular weight excluding hydrogens is 392 g/mol. The first-order valence-electron chi connectivity index (χ1n) is 9.25. The Morgan fingerprint density at radius 2 is 1.97 bits per heavy atom. The number of hydrogen-bond donors (Lipinski definition) is 2. The van der Waals surface area contributed by atoms with Crippen LogP contribution in [0.2, 0.25) is 5.02 Å². The van der Waals surface area contributed by atoms with Crippen LogP contribution in [0.5, 0.6) is 5.75 Å². The molecule has 0 fully saturated rings. The lowest BCUT2D eigenvalue weighted by Gasteiger charge is -2.20. The number of H-pyrrole nitrogens is 1. The number of ether oxygens (including phenoxy) is 2. The van der Waals surface area contributed by atoms with Gasteiger partial charge >= 0.3 is 5.97 Å². The van der Waals surface area contributed by atoms with Gasteiger partial charge in [-0.1, -0.05) is 35.9 Å². The number of benzene rings is 2. The molecule has 1 unspecified atom stereocenters. The zero-order valence-corrected chi connectivity index (χ0v) is 17.2. The summed E-state index contributed by atoms with van der Waals surface area (Å²) in [4.78, 5) is 28.1. The Labute approximate surface area is 174 Å². The van der Waals surface area contributed by atoms with Crippen molar-refractivity contribution in [2.24, 2.45) is 0 Å². The number of aromatic nitrogens is 1. The van der Waals surface area contributed by atoms with Crippen LogP contribution in [0.4, 0.5) is 0 Å². The molecule has 7 heteroatoms. The van der Waals surface area contributed by atoms with Gasteiger partial charge in [0, 0.05) is 23.5 Å². The van der Waals surface area contributed by atoms with E-state index in [-0.39, 0.29) is 0 Å². The third-order valence-electron chi connectivity index (χ3n) is 4.66. The van der Waals surface area contributed by atoms with Gasteiger partial charge in [-0.05, 0) is 43.2 Å². The quantitative estimate of drug-likeness (QED) is 0.576. The summed E-state index contributed by atoms with van der Waals surface area (Å²) in [5.74, 6) is -0.539. The Morgan fingerprint density at radius 1 is 1.21 bits per heavy atom. The maximum Gasteiger partial charge on any atom is 0.328 e. The van der Waals surface area contributed by atoms with E-state index in [1.807, 2.05) is 43.5 Å². The molecule has 2 N–H and O–H groups in total. The fraction of sp³-hybridized carbons (Fsp3) is 0.273. The number of rotatable bonds is 7. The largest absolute Gasteiger partial charge is 0.479 e. The molecule has 0 saturated carbocycles. The molecule has 2 atom stereocenters. The molecule has 0 aliphatic rings. The number of amides is 1. The number of para-hydroxylation sites is 1. The zero-order chi connectivity index (χ0) is 21.0. The lowest BCUT2D eigenvalue weighted by molar-refractivity contribution is -0.145. The van der Waals surface area contributed by atoms with Crippen LogP contribution in [-0.2, 0) is 20.7 Å². The van der Waals surface area contributed by atoms with Crippen LogP contribution in [-0.4, -0.2) is 36.1 Å². The highest BCUT2D eigenvalue weighted by Gasteiger charge is 2.26. The number of methoxy groups -OCH3 is 1. The lowest BCUT2D eigenvalue weighted by Crippen LogP contribution is -2.47. The molecule has 1 aromatic heterocycles. The summed E-state index contributed by atoms with van der Waals surface area (Å²) >= 11 is 6.14. The minimum Gasteiger partial charge on any atom is -0.479 e. The first-order chi connectivity index (χ1) is 13.9.